The van der Waals surface area contributed by atoms with Crippen molar-refractivity contribution in [1.82, 2.24) is 0 Å². The molecule has 0 atom stereocenters. The fraction of sp³-hybridized carbons (Fsp3) is 0.235. The molecule has 0 aliphatic heterocycles. The normalized spacial score (nSPS) is 10.0. The lowest BCUT2D eigenvalue weighted by molar-refractivity contribution is 0.271. The van der Waals surface area contributed by atoms with E-state index in [-0.39, 0.29) is 6.61 Å². The van der Waals surface area contributed by atoms with E-state index in [1.54, 1.807) is 31.4 Å². The van der Waals surface area contributed by atoms with Gasteiger partial charge in [0, 0.05) is 0 Å². The van der Waals surface area contributed by atoms with Crippen LogP contribution in [0.1, 0.15) is 22.3 Å². The van der Waals surface area contributed by atoms with Gasteiger partial charge in [0.15, 0.2) is 11.5 Å². The molecule has 2 aromatic rings. The number of methoxy groups -OCH3 is 1. The summed E-state index contributed by atoms with van der Waals surface area (Å²) >= 11 is 0. The largest absolute Gasteiger partial charge is 0.493 e. The number of hydrogen-bond acceptors (Lipinski definition) is 4. The van der Waals surface area contributed by atoms with Crippen LogP contribution in [0.2, 0.25) is 0 Å². The van der Waals surface area contributed by atoms with Gasteiger partial charge in [0.05, 0.1) is 25.3 Å². The molecule has 1 N–H and O–H groups in total. The van der Waals surface area contributed by atoms with E-state index in [4.69, 9.17) is 14.7 Å². The van der Waals surface area contributed by atoms with E-state index in [1.807, 2.05) is 19.1 Å². The average Bonchev–Trinajstić information content (AvgIpc) is 2.53. The van der Waals surface area contributed by atoms with Gasteiger partial charge in [-0.05, 0) is 47.9 Å². The van der Waals surface area contributed by atoms with Crippen LogP contribution in [0.15, 0.2) is 36.4 Å². The molecule has 0 heterocycles. The zero-order valence-electron chi connectivity index (χ0n) is 12.1. The zero-order chi connectivity index (χ0) is 15.2. The molecule has 0 aliphatic carbocycles. The van der Waals surface area contributed by atoms with Gasteiger partial charge >= 0.3 is 0 Å². The second kappa shape index (κ2) is 6.78. The molecular formula is C17H17NO3. The molecule has 0 aliphatic rings. The molecule has 2 rings (SSSR count). The molecule has 4 heteroatoms. The van der Waals surface area contributed by atoms with Gasteiger partial charge in [0.25, 0.3) is 0 Å². The lowest BCUT2D eigenvalue weighted by Gasteiger charge is -2.13. The number of nitrogens with zero attached hydrogens (tertiary/aromatic N) is 1. The van der Waals surface area contributed by atoms with Crippen LogP contribution < -0.4 is 9.47 Å². The van der Waals surface area contributed by atoms with Gasteiger partial charge in [-0.2, -0.15) is 5.26 Å². The number of aliphatic hydroxyl groups is 1. The lowest BCUT2D eigenvalue weighted by atomic mass is 10.1. The van der Waals surface area contributed by atoms with Crippen LogP contribution in [0.5, 0.6) is 11.5 Å². The van der Waals surface area contributed by atoms with E-state index in [9.17, 15) is 5.11 Å². The highest BCUT2D eigenvalue weighted by molar-refractivity contribution is 5.43. The minimum Gasteiger partial charge on any atom is -0.493 e. The van der Waals surface area contributed by atoms with Gasteiger partial charge in [-0.15, -0.1) is 0 Å². The van der Waals surface area contributed by atoms with Gasteiger partial charge in [-0.3, -0.25) is 0 Å². The first-order valence-corrected chi connectivity index (χ1v) is 6.58. The fourth-order valence-electron chi connectivity index (χ4n) is 2.02. The Morgan fingerprint density at radius 1 is 1.14 bits per heavy atom. The van der Waals surface area contributed by atoms with Crippen molar-refractivity contribution in [2.24, 2.45) is 0 Å². The van der Waals surface area contributed by atoms with E-state index in [1.165, 1.54) is 0 Å². The smallest absolute Gasteiger partial charge is 0.162 e. The maximum atomic E-state index is 9.19. The summed E-state index contributed by atoms with van der Waals surface area (Å²) in [5.41, 5.74) is 3.41. The fourth-order valence-corrected chi connectivity index (χ4v) is 2.02. The molecule has 0 unspecified atom stereocenters. The topological polar surface area (TPSA) is 62.5 Å². The van der Waals surface area contributed by atoms with Crippen LogP contribution in [0, 0.1) is 18.3 Å². The first-order chi connectivity index (χ1) is 10.2. The van der Waals surface area contributed by atoms with Crippen molar-refractivity contribution >= 4 is 0 Å². The number of ether oxygens (including phenoxy) is 2. The minimum atomic E-state index is -0.0454. The Kier molecular flexibility index (Phi) is 4.81. The monoisotopic (exact) mass is 283 g/mol. The van der Waals surface area contributed by atoms with Crippen LogP contribution in [-0.2, 0) is 13.2 Å². The predicted octanol–water partition coefficient (Wildman–Crippen LogP) is 2.95. The molecule has 0 fully saturated rings. The highest BCUT2D eigenvalue weighted by Crippen LogP contribution is 2.29. The second-order valence-corrected chi connectivity index (χ2v) is 4.69. The molecule has 4 nitrogen and oxygen atoms in total. The average molecular weight is 283 g/mol. The summed E-state index contributed by atoms with van der Waals surface area (Å²) in [6, 6.07) is 12.9. The summed E-state index contributed by atoms with van der Waals surface area (Å²) in [6.07, 6.45) is 0. The Bertz CT molecular complexity index is 674. The van der Waals surface area contributed by atoms with Crippen LogP contribution in [0.3, 0.4) is 0 Å². The van der Waals surface area contributed by atoms with Gasteiger partial charge < -0.3 is 14.6 Å². The summed E-state index contributed by atoms with van der Waals surface area (Å²) in [4.78, 5) is 0. The summed E-state index contributed by atoms with van der Waals surface area (Å²) in [7, 11) is 1.58. The second-order valence-electron chi connectivity index (χ2n) is 4.69. The van der Waals surface area contributed by atoms with Crippen molar-refractivity contribution in [3.05, 3.63) is 58.7 Å². The number of benzene rings is 2. The highest BCUT2D eigenvalue weighted by atomic mass is 16.5. The number of nitriles is 1. The molecule has 0 aromatic heterocycles. The highest BCUT2D eigenvalue weighted by Gasteiger charge is 2.07. The van der Waals surface area contributed by atoms with Crippen molar-refractivity contribution in [2.75, 3.05) is 7.11 Å². The Hall–Kier alpha value is -2.51. The van der Waals surface area contributed by atoms with Crippen LogP contribution >= 0.6 is 0 Å². The minimum absolute atomic E-state index is 0.0454. The van der Waals surface area contributed by atoms with E-state index in [0.29, 0.717) is 23.7 Å². The molecule has 0 bridgehead atoms. The van der Waals surface area contributed by atoms with Gasteiger partial charge in [0.1, 0.15) is 6.61 Å². The summed E-state index contributed by atoms with van der Waals surface area (Å²) in [5, 5.41) is 18.1. The van der Waals surface area contributed by atoms with Crippen molar-refractivity contribution in [1.29, 1.82) is 5.26 Å². The third-order valence-electron chi connectivity index (χ3n) is 3.27. The lowest BCUT2D eigenvalue weighted by Crippen LogP contribution is -2.00. The molecule has 21 heavy (non-hydrogen) atoms. The standard InChI is InChI=1S/C17H17NO3/c1-12-7-13(9-18)3-5-15(12)11-21-17-8-14(10-19)4-6-16(17)20-2/h3-8,19H,10-11H2,1-2H3. The van der Waals surface area contributed by atoms with Gasteiger partial charge in [0.2, 0.25) is 0 Å². The van der Waals surface area contributed by atoms with Gasteiger partial charge in [-0.25, -0.2) is 0 Å². The quantitative estimate of drug-likeness (QED) is 0.916. The van der Waals surface area contributed by atoms with Crippen LogP contribution in [0.25, 0.3) is 0 Å². The van der Waals surface area contributed by atoms with E-state index < -0.39 is 0 Å². The number of aryl methyl sites for hydroxylation is 1. The Labute approximate surface area is 124 Å². The first kappa shape index (κ1) is 14.9. The molecular weight excluding hydrogens is 266 g/mol. The van der Waals surface area contributed by atoms with Crippen LogP contribution in [-0.4, -0.2) is 12.2 Å². The van der Waals surface area contributed by atoms with E-state index in [0.717, 1.165) is 16.7 Å². The van der Waals surface area contributed by atoms with Crippen molar-refractivity contribution < 1.29 is 14.6 Å². The SMILES string of the molecule is COc1ccc(CO)cc1OCc1ccc(C#N)cc1C. The maximum Gasteiger partial charge on any atom is 0.162 e. The Morgan fingerprint density at radius 3 is 2.57 bits per heavy atom. The molecule has 108 valence electrons. The summed E-state index contributed by atoms with van der Waals surface area (Å²) in [5.74, 6) is 1.21. The number of rotatable bonds is 5. The third kappa shape index (κ3) is 3.53. The molecule has 0 radical (unpaired) electrons. The number of aliphatic hydroxyl groups excluding tert-OH is 1. The van der Waals surface area contributed by atoms with Crippen molar-refractivity contribution in [3.8, 4) is 17.6 Å². The molecule has 2 aromatic carbocycles. The Balaban J connectivity index is 2.18. The van der Waals surface area contributed by atoms with Crippen molar-refractivity contribution in [3.63, 3.8) is 0 Å². The van der Waals surface area contributed by atoms with E-state index in [2.05, 4.69) is 6.07 Å². The third-order valence-corrected chi connectivity index (χ3v) is 3.27. The van der Waals surface area contributed by atoms with Gasteiger partial charge in [-0.1, -0.05) is 12.1 Å². The van der Waals surface area contributed by atoms with E-state index >= 15 is 0 Å². The van der Waals surface area contributed by atoms with Crippen molar-refractivity contribution in [2.45, 2.75) is 20.1 Å². The first-order valence-electron chi connectivity index (χ1n) is 6.58. The maximum absolute atomic E-state index is 9.19. The Morgan fingerprint density at radius 2 is 1.95 bits per heavy atom. The molecule has 0 amide bonds. The molecule has 0 saturated carbocycles. The molecule has 0 spiro atoms. The summed E-state index contributed by atoms with van der Waals surface area (Å²) < 4.78 is 11.0. The molecule has 0 saturated heterocycles. The van der Waals surface area contributed by atoms with Crippen LogP contribution in [0.4, 0.5) is 0 Å². The summed E-state index contributed by atoms with van der Waals surface area (Å²) in [6.45, 7) is 2.28. The predicted molar refractivity (Wildman–Crippen MR) is 79.1 cm³/mol. The zero-order valence-corrected chi connectivity index (χ0v) is 12.1. The number of hydrogen-bond donors (Lipinski definition) is 1.